The van der Waals surface area contributed by atoms with Crippen LogP contribution in [0.3, 0.4) is 0 Å². The Labute approximate surface area is 220 Å². The van der Waals surface area contributed by atoms with Crippen molar-refractivity contribution in [1.82, 2.24) is 25.1 Å². The maximum Gasteiger partial charge on any atom is 0.420 e. The first kappa shape index (κ1) is 25.2. The lowest BCUT2D eigenvalue weighted by molar-refractivity contribution is -0.136. The highest BCUT2D eigenvalue weighted by Gasteiger charge is 2.36. The van der Waals surface area contributed by atoms with Crippen molar-refractivity contribution in [3.63, 3.8) is 0 Å². The van der Waals surface area contributed by atoms with Gasteiger partial charge in [-0.15, -0.1) is 10.2 Å². The summed E-state index contributed by atoms with van der Waals surface area (Å²) >= 11 is 0. The van der Waals surface area contributed by atoms with Crippen molar-refractivity contribution in [2.24, 2.45) is 7.05 Å². The minimum Gasteiger partial charge on any atom is -0.435 e. The predicted octanol–water partition coefficient (Wildman–Crippen LogP) is 5.73. The van der Waals surface area contributed by atoms with Crippen LogP contribution in [0.5, 0.6) is 0 Å². The van der Waals surface area contributed by atoms with Crippen LogP contribution in [0, 0.1) is 5.82 Å². The zero-order chi connectivity index (χ0) is 27.3. The number of alkyl halides is 3. The van der Waals surface area contributed by atoms with E-state index in [4.69, 9.17) is 4.42 Å². The molecule has 2 N–H and O–H groups in total. The molecule has 39 heavy (non-hydrogen) atoms. The van der Waals surface area contributed by atoms with Crippen LogP contribution in [0.1, 0.15) is 24.0 Å². The maximum absolute atomic E-state index is 14.2. The molecule has 1 aliphatic carbocycles. The molecule has 0 saturated heterocycles. The van der Waals surface area contributed by atoms with Gasteiger partial charge in [0.2, 0.25) is 5.89 Å². The van der Waals surface area contributed by atoms with E-state index in [0.29, 0.717) is 46.5 Å². The molecule has 0 radical (unpaired) electrons. The summed E-state index contributed by atoms with van der Waals surface area (Å²) < 4.78 is 63.5. The Bertz CT molecular complexity index is 1670. The van der Waals surface area contributed by atoms with E-state index < -0.39 is 17.6 Å². The van der Waals surface area contributed by atoms with E-state index in [9.17, 15) is 22.7 Å². The van der Waals surface area contributed by atoms with Gasteiger partial charge in [0.1, 0.15) is 23.2 Å². The van der Waals surface area contributed by atoms with Crippen LogP contribution in [-0.2, 0) is 19.8 Å². The first-order chi connectivity index (χ1) is 18.7. The number of aryl methyl sites for hydroxylation is 1. The van der Waals surface area contributed by atoms with Gasteiger partial charge < -0.3 is 19.4 Å². The number of hydrogen-bond acceptors (Lipinski definition) is 6. The molecular formula is C28H23F4N5O2. The van der Waals surface area contributed by atoms with Crippen molar-refractivity contribution in [2.75, 3.05) is 0 Å². The van der Waals surface area contributed by atoms with Crippen LogP contribution in [0.25, 0.3) is 45.1 Å². The SMILES string of the molecule is Cn1cnnc1-c1cc(F)ccc1-c1cccc(-c2nc3cc(CNC4CC(O)C4)cc(C(F)(F)F)c3o2)c1. The molecule has 3 aromatic carbocycles. The Balaban J connectivity index is 1.39. The van der Waals surface area contributed by atoms with Crippen LogP contribution < -0.4 is 5.32 Å². The Hall–Kier alpha value is -4.09. The van der Waals surface area contributed by atoms with Gasteiger partial charge in [-0.3, -0.25) is 0 Å². The average Bonchev–Trinajstić information content (AvgIpc) is 3.51. The third-order valence-corrected chi connectivity index (χ3v) is 6.92. The van der Waals surface area contributed by atoms with Crippen molar-refractivity contribution in [1.29, 1.82) is 0 Å². The smallest absolute Gasteiger partial charge is 0.420 e. The highest BCUT2D eigenvalue weighted by atomic mass is 19.4. The fourth-order valence-electron chi connectivity index (χ4n) is 4.84. The minimum atomic E-state index is -4.64. The number of aliphatic hydroxyl groups excluding tert-OH is 1. The van der Waals surface area contributed by atoms with Gasteiger partial charge in [-0.25, -0.2) is 9.37 Å². The second kappa shape index (κ2) is 9.58. The summed E-state index contributed by atoms with van der Waals surface area (Å²) in [6.45, 7) is 0.212. The Kier molecular flexibility index (Phi) is 6.19. The highest BCUT2D eigenvalue weighted by molar-refractivity contribution is 5.84. The lowest BCUT2D eigenvalue weighted by atomic mass is 9.89. The van der Waals surface area contributed by atoms with E-state index >= 15 is 0 Å². The van der Waals surface area contributed by atoms with Crippen LogP contribution in [0.15, 0.2) is 65.3 Å². The van der Waals surface area contributed by atoms with Crippen LogP contribution in [-0.4, -0.2) is 37.0 Å². The molecule has 0 amide bonds. The number of fused-ring (bicyclic) bond motifs is 1. The lowest BCUT2D eigenvalue weighted by Gasteiger charge is -2.32. The third kappa shape index (κ3) is 4.90. The highest BCUT2D eigenvalue weighted by Crippen LogP contribution is 2.39. The molecule has 6 rings (SSSR count). The zero-order valence-electron chi connectivity index (χ0n) is 20.7. The standard InChI is InChI=1S/C28H23F4N5O2/c1-37-14-34-36-26(37)22-10-18(29)5-6-21(22)16-3-2-4-17(9-16)27-35-24-8-15(13-33-19-11-20(38)12-19)7-23(25(24)39-27)28(30,31)32/h2-10,14,19-20,33,38H,11-13H2,1H3. The quantitative estimate of drug-likeness (QED) is 0.269. The number of oxazole rings is 1. The number of hydrogen-bond donors (Lipinski definition) is 2. The molecule has 2 aromatic heterocycles. The molecule has 0 bridgehead atoms. The molecule has 7 nitrogen and oxygen atoms in total. The molecule has 0 aliphatic heterocycles. The monoisotopic (exact) mass is 537 g/mol. The molecule has 1 fully saturated rings. The Morgan fingerprint density at radius 3 is 2.56 bits per heavy atom. The van der Waals surface area contributed by atoms with Crippen LogP contribution in [0.2, 0.25) is 0 Å². The van der Waals surface area contributed by atoms with E-state index in [-0.39, 0.29) is 35.7 Å². The number of aromatic nitrogens is 4. The average molecular weight is 538 g/mol. The summed E-state index contributed by atoms with van der Waals surface area (Å²) in [4.78, 5) is 4.41. The summed E-state index contributed by atoms with van der Waals surface area (Å²) in [5, 5.41) is 20.6. The number of benzene rings is 3. The van der Waals surface area contributed by atoms with E-state index in [0.717, 1.165) is 6.07 Å². The molecule has 5 aromatic rings. The molecule has 1 aliphatic rings. The molecule has 0 unspecified atom stereocenters. The van der Waals surface area contributed by atoms with Gasteiger partial charge in [-0.2, -0.15) is 13.2 Å². The first-order valence-electron chi connectivity index (χ1n) is 12.3. The second-order valence-corrected chi connectivity index (χ2v) is 9.75. The predicted molar refractivity (Wildman–Crippen MR) is 136 cm³/mol. The fraction of sp³-hybridized carbons (Fsp3) is 0.250. The first-order valence-corrected chi connectivity index (χ1v) is 12.3. The number of nitrogens with one attached hydrogen (secondary N) is 1. The van der Waals surface area contributed by atoms with Gasteiger partial charge in [-0.05, 0) is 65.9 Å². The van der Waals surface area contributed by atoms with Gasteiger partial charge in [0.25, 0.3) is 0 Å². The topological polar surface area (TPSA) is 89.0 Å². The van der Waals surface area contributed by atoms with E-state index in [1.807, 2.05) is 6.07 Å². The molecule has 200 valence electrons. The minimum absolute atomic E-state index is 0.0342. The summed E-state index contributed by atoms with van der Waals surface area (Å²) in [6.07, 6.45) is -2.35. The van der Waals surface area contributed by atoms with Crippen molar-refractivity contribution in [3.8, 4) is 34.0 Å². The third-order valence-electron chi connectivity index (χ3n) is 6.92. The van der Waals surface area contributed by atoms with Crippen LogP contribution >= 0.6 is 0 Å². The van der Waals surface area contributed by atoms with Crippen molar-refractivity contribution >= 4 is 11.1 Å². The molecule has 2 heterocycles. The van der Waals surface area contributed by atoms with E-state index in [1.54, 1.807) is 41.9 Å². The maximum atomic E-state index is 14.2. The Morgan fingerprint density at radius 1 is 1.05 bits per heavy atom. The summed E-state index contributed by atoms with van der Waals surface area (Å²) in [6, 6.07) is 14.0. The van der Waals surface area contributed by atoms with Crippen molar-refractivity contribution in [2.45, 2.75) is 37.7 Å². The summed E-state index contributed by atoms with van der Waals surface area (Å²) in [7, 11) is 1.75. The summed E-state index contributed by atoms with van der Waals surface area (Å²) in [5.41, 5.74) is 1.60. The van der Waals surface area contributed by atoms with E-state index in [1.165, 1.54) is 18.5 Å². The number of rotatable bonds is 6. The second-order valence-electron chi connectivity index (χ2n) is 9.75. The van der Waals surface area contributed by atoms with Gasteiger partial charge in [0.15, 0.2) is 11.4 Å². The zero-order valence-corrected chi connectivity index (χ0v) is 20.7. The van der Waals surface area contributed by atoms with E-state index in [2.05, 4.69) is 20.5 Å². The molecular weight excluding hydrogens is 514 g/mol. The fourth-order valence-corrected chi connectivity index (χ4v) is 4.84. The number of nitrogens with zero attached hydrogens (tertiary/aromatic N) is 4. The van der Waals surface area contributed by atoms with Crippen LogP contribution in [0.4, 0.5) is 17.6 Å². The number of aliphatic hydroxyl groups is 1. The number of halogens is 4. The molecule has 0 atom stereocenters. The lowest BCUT2D eigenvalue weighted by Crippen LogP contribution is -2.43. The van der Waals surface area contributed by atoms with Gasteiger partial charge in [0.05, 0.1) is 6.10 Å². The van der Waals surface area contributed by atoms with Crippen molar-refractivity contribution in [3.05, 3.63) is 77.9 Å². The van der Waals surface area contributed by atoms with Gasteiger partial charge in [0, 0.05) is 30.8 Å². The normalized spacial score (nSPS) is 17.5. The summed E-state index contributed by atoms with van der Waals surface area (Å²) in [5.74, 6) is 0.0568. The molecule has 11 heteroatoms. The van der Waals surface area contributed by atoms with Gasteiger partial charge >= 0.3 is 6.18 Å². The largest absolute Gasteiger partial charge is 0.435 e. The van der Waals surface area contributed by atoms with Crippen molar-refractivity contribution < 1.29 is 27.1 Å². The Morgan fingerprint density at radius 2 is 1.85 bits per heavy atom. The van der Waals surface area contributed by atoms with Gasteiger partial charge in [-0.1, -0.05) is 18.2 Å². The molecule has 1 saturated carbocycles. The molecule has 0 spiro atoms.